The van der Waals surface area contributed by atoms with Gasteiger partial charge in [0.2, 0.25) is 5.91 Å². The molecular formula is C20H20BrN3O3S. The van der Waals surface area contributed by atoms with Crippen molar-refractivity contribution in [1.29, 1.82) is 0 Å². The summed E-state index contributed by atoms with van der Waals surface area (Å²) in [7, 11) is 0. The number of nitrogens with zero attached hydrogens (tertiary/aromatic N) is 2. The van der Waals surface area contributed by atoms with E-state index in [2.05, 4.69) is 26.2 Å². The smallest absolute Gasteiger partial charge is 0.338 e. The van der Waals surface area contributed by atoms with E-state index in [-0.39, 0.29) is 17.6 Å². The van der Waals surface area contributed by atoms with E-state index in [0.717, 1.165) is 20.8 Å². The summed E-state index contributed by atoms with van der Waals surface area (Å²) in [6.07, 6.45) is 0. The lowest BCUT2D eigenvalue weighted by Gasteiger charge is -2.08. The maximum absolute atomic E-state index is 12.3. The first-order valence-corrected chi connectivity index (χ1v) is 10.7. The average molecular weight is 462 g/mol. The molecule has 6 nitrogen and oxygen atoms in total. The van der Waals surface area contributed by atoms with Gasteiger partial charge in [0.25, 0.3) is 0 Å². The van der Waals surface area contributed by atoms with E-state index in [1.807, 2.05) is 41.8 Å². The van der Waals surface area contributed by atoms with Crippen LogP contribution in [-0.2, 0) is 16.1 Å². The molecule has 0 saturated heterocycles. The van der Waals surface area contributed by atoms with Gasteiger partial charge in [-0.05, 0) is 60.1 Å². The monoisotopic (exact) mass is 461 g/mol. The zero-order chi connectivity index (χ0) is 20.1. The first kappa shape index (κ1) is 20.4. The number of halogens is 1. The van der Waals surface area contributed by atoms with Crippen molar-refractivity contribution in [1.82, 2.24) is 9.55 Å². The fraction of sp³-hybridized carbons (Fsp3) is 0.250. The second-order valence-electron chi connectivity index (χ2n) is 5.88. The number of fused-ring (bicyclic) bond motifs is 1. The van der Waals surface area contributed by atoms with Crippen LogP contribution >= 0.6 is 27.7 Å². The molecule has 0 aliphatic carbocycles. The number of rotatable bonds is 7. The summed E-state index contributed by atoms with van der Waals surface area (Å²) in [4.78, 5) is 28.9. The number of para-hydroxylation sites is 1. The molecular weight excluding hydrogens is 442 g/mol. The molecule has 0 bridgehead atoms. The van der Waals surface area contributed by atoms with Crippen molar-refractivity contribution in [2.24, 2.45) is 0 Å². The third-order valence-corrected chi connectivity index (χ3v) is 5.69. The molecule has 3 aromatic rings. The number of esters is 1. The van der Waals surface area contributed by atoms with Crippen molar-refractivity contribution in [3.05, 3.63) is 52.5 Å². The molecule has 0 atom stereocenters. The highest BCUT2D eigenvalue weighted by molar-refractivity contribution is 9.10. The van der Waals surface area contributed by atoms with E-state index in [1.165, 1.54) is 11.8 Å². The number of hydrogen-bond acceptors (Lipinski definition) is 5. The molecule has 1 aromatic heterocycles. The number of aromatic nitrogens is 2. The Morgan fingerprint density at radius 3 is 2.71 bits per heavy atom. The second kappa shape index (κ2) is 9.25. The predicted octanol–water partition coefficient (Wildman–Crippen LogP) is 4.73. The van der Waals surface area contributed by atoms with Crippen molar-refractivity contribution in [2.45, 2.75) is 25.5 Å². The van der Waals surface area contributed by atoms with Crippen LogP contribution in [0, 0.1) is 0 Å². The van der Waals surface area contributed by atoms with Gasteiger partial charge in [-0.25, -0.2) is 9.78 Å². The van der Waals surface area contributed by atoms with Crippen LogP contribution in [0.15, 0.2) is 52.1 Å². The highest BCUT2D eigenvalue weighted by Crippen LogP contribution is 2.26. The van der Waals surface area contributed by atoms with Gasteiger partial charge >= 0.3 is 5.97 Å². The van der Waals surface area contributed by atoms with Crippen molar-refractivity contribution < 1.29 is 14.3 Å². The second-order valence-corrected chi connectivity index (χ2v) is 7.68. The van der Waals surface area contributed by atoms with Gasteiger partial charge in [0, 0.05) is 11.0 Å². The van der Waals surface area contributed by atoms with Gasteiger partial charge in [0.15, 0.2) is 5.16 Å². The third kappa shape index (κ3) is 4.56. The molecule has 28 heavy (non-hydrogen) atoms. The van der Waals surface area contributed by atoms with Gasteiger partial charge < -0.3 is 14.6 Å². The Bertz CT molecular complexity index is 1020. The Morgan fingerprint density at radius 2 is 2.00 bits per heavy atom. The summed E-state index contributed by atoms with van der Waals surface area (Å²) < 4.78 is 7.91. The number of thioether (sulfide) groups is 1. The number of amides is 1. The molecule has 0 fully saturated rings. The Morgan fingerprint density at radius 1 is 1.21 bits per heavy atom. The van der Waals surface area contributed by atoms with Gasteiger partial charge in [0.1, 0.15) is 0 Å². The lowest BCUT2D eigenvalue weighted by Crippen LogP contribution is -2.14. The number of carbonyl (C=O) groups is 2. The largest absolute Gasteiger partial charge is 0.462 e. The number of anilines is 1. The van der Waals surface area contributed by atoms with Crippen LogP contribution in [0.25, 0.3) is 11.0 Å². The average Bonchev–Trinajstić information content (AvgIpc) is 3.05. The first-order valence-electron chi connectivity index (χ1n) is 8.88. The van der Waals surface area contributed by atoms with Crippen LogP contribution in [0.1, 0.15) is 24.2 Å². The van der Waals surface area contributed by atoms with Gasteiger partial charge in [-0.15, -0.1) is 0 Å². The fourth-order valence-corrected chi connectivity index (χ4v) is 4.01. The highest BCUT2D eigenvalue weighted by Gasteiger charge is 2.15. The van der Waals surface area contributed by atoms with Crippen LogP contribution in [0.5, 0.6) is 0 Å². The molecule has 1 heterocycles. The minimum atomic E-state index is -0.363. The maximum atomic E-state index is 12.3. The van der Waals surface area contributed by atoms with Gasteiger partial charge in [-0.2, -0.15) is 0 Å². The van der Waals surface area contributed by atoms with Crippen LogP contribution < -0.4 is 5.32 Å². The quantitative estimate of drug-likeness (QED) is 0.406. The number of nitrogens with one attached hydrogen (secondary N) is 1. The first-order chi connectivity index (χ1) is 13.5. The molecule has 1 amide bonds. The number of imidazole rings is 1. The summed E-state index contributed by atoms with van der Waals surface area (Å²) in [5, 5.41) is 3.62. The van der Waals surface area contributed by atoms with E-state index >= 15 is 0 Å². The van der Waals surface area contributed by atoms with Gasteiger partial charge in [-0.1, -0.05) is 23.9 Å². The topological polar surface area (TPSA) is 73.2 Å². The van der Waals surface area contributed by atoms with Crippen LogP contribution in [0.2, 0.25) is 0 Å². The van der Waals surface area contributed by atoms with Crippen LogP contribution in [-0.4, -0.2) is 33.8 Å². The zero-order valence-electron chi connectivity index (χ0n) is 15.6. The molecule has 1 N–H and O–H groups in total. The number of ether oxygens (including phenoxy) is 1. The molecule has 0 radical (unpaired) electrons. The SMILES string of the molecule is CCOC(=O)c1ccc2c(c1)nc(SCC(=O)Nc1ccccc1Br)n2CC. The molecule has 0 aliphatic rings. The van der Waals surface area contributed by atoms with Crippen molar-refractivity contribution in [3.8, 4) is 0 Å². The summed E-state index contributed by atoms with van der Waals surface area (Å²) in [6.45, 7) is 4.83. The third-order valence-electron chi connectivity index (χ3n) is 4.02. The summed E-state index contributed by atoms with van der Waals surface area (Å²) in [5.74, 6) is -0.244. The van der Waals surface area contributed by atoms with E-state index in [9.17, 15) is 9.59 Å². The number of aryl methyl sites for hydroxylation is 1. The molecule has 0 spiro atoms. The lowest BCUT2D eigenvalue weighted by atomic mass is 10.2. The Hall–Kier alpha value is -2.32. The molecule has 0 unspecified atom stereocenters. The lowest BCUT2D eigenvalue weighted by molar-refractivity contribution is -0.113. The molecule has 0 aliphatic heterocycles. The minimum Gasteiger partial charge on any atom is -0.462 e. The zero-order valence-corrected chi connectivity index (χ0v) is 18.0. The molecule has 8 heteroatoms. The van der Waals surface area contributed by atoms with E-state index < -0.39 is 0 Å². The van der Waals surface area contributed by atoms with Gasteiger partial charge in [-0.3, -0.25) is 4.79 Å². The van der Waals surface area contributed by atoms with Gasteiger partial charge in [0.05, 0.1) is 34.6 Å². The molecule has 146 valence electrons. The molecule has 3 rings (SSSR count). The summed E-state index contributed by atoms with van der Waals surface area (Å²) in [5.41, 5.74) is 2.83. The van der Waals surface area contributed by atoms with E-state index in [0.29, 0.717) is 24.2 Å². The Labute approximate surface area is 175 Å². The highest BCUT2D eigenvalue weighted by atomic mass is 79.9. The Kier molecular flexibility index (Phi) is 6.74. The normalized spacial score (nSPS) is 10.8. The predicted molar refractivity (Wildman–Crippen MR) is 115 cm³/mol. The maximum Gasteiger partial charge on any atom is 0.338 e. The van der Waals surface area contributed by atoms with Crippen LogP contribution in [0.4, 0.5) is 5.69 Å². The Balaban J connectivity index is 1.76. The van der Waals surface area contributed by atoms with E-state index in [1.54, 1.807) is 19.1 Å². The minimum absolute atomic E-state index is 0.112. The summed E-state index contributed by atoms with van der Waals surface area (Å²) >= 11 is 4.78. The van der Waals surface area contributed by atoms with Crippen molar-refractivity contribution in [2.75, 3.05) is 17.7 Å². The van der Waals surface area contributed by atoms with E-state index in [4.69, 9.17) is 4.74 Å². The number of hydrogen-bond donors (Lipinski definition) is 1. The number of carbonyl (C=O) groups excluding carboxylic acids is 2. The van der Waals surface area contributed by atoms with Crippen molar-refractivity contribution in [3.63, 3.8) is 0 Å². The summed E-state index contributed by atoms with van der Waals surface area (Å²) in [6, 6.07) is 12.8. The fourth-order valence-electron chi connectivity index (χ4n) is 2.74. The number of benzene rings is 2. The molecule has 2 aromatic carbocycles. The molecule has 0 saturated carbocycles. The van der Waals surface area contributed by atoms with Crippen LogP contribution in [0.3, 0.4) is 0 Å². The van der Waals surface area contributed by atoms with Crippen molar-refractivity contribution >= 4 is 56.3 Å². The standard InChI is InChI=1S/C20H20BrN3O3S/c1-3-24-17-10-9-13(19(26)27-4-2)11-16(17)23-20(24)28-12-18(25)22-15-8-6-5-7-14(15)21/h5-11H,3-4,12H2,1-2H3,(H,22,25).